The summed E-state index contributed by atoms with van der Waals surface area (Å²) >= 11 is 0. The molecule has 5 nitrogen and oxygen atoms in total. The van der Waals surface area contributed by atoms with E-state index in [0.717, 1.165) is 19.3 Å². The van der Waals surface area contributed by atoms with Crippen molar-refractivity contribution in [3.8, 4) is 0 Å². The van der Waals surface area contributed by atoms with Crippen molar-refractivity contribution in [2.24, 2.45) is 11.8 Å². The molecular weight excluding hydrogens is 458 g/mol. The Bertz CT molecular complexity index is 727. The van der Waals surface area contributed by atoms with Crippen molar-refractivity contribution in [1.29, 1.82) is 0 Å². The summed E-state index contributed by atoms with van der Waals surface area (Å²) in [6, 6.07) is 0. The number of halogens is 2. The number of carbonyl (C=O) groups excluding carboxylic acids is 2. The number of rotatable bonds is 15. The number of carboxylic acid groups (broad SMARTS) is 1. The van der Waals surface area contributed by atoms with Crippen LogP contribution >= 0.6 is 0 Å². The topological polar surface area (TPSA) is 80.7 Å². The molecule has 3 atom stereocenters. The van der Waals surface area contributed by atoms with Crippen LogP contribution in [0, 0.1) is 11.8 Å². The normalized spacial score (nSPS) is 22.0. The highest BCUT2D eigenvalue weighted by Crippen LogP contribution is 2.44. The second kappa shape index (κ2) is 13.0. The predicted molar refractivity (Wildman–Crippen MR) is 133 cm³/mol. The monoisotopic (exact) mass is 502 g/mol. The molecule has 0 aromatic heterocycles. The average Bonchev–Trinajstić information content (AvgIpc) is 2.99. The fourth-order valence-corrected chi connectivity index (χ4v) is 5.63. The van der Waals surface area contributed by atoms with Gasteiger partial charge < -0.3 is 9.53 Å². The van der Waals surface area contributed by atoms with Crippen LogP contribution in [0.5, 0.6) is 0 Å². The first-order valence-electron chi connectivity index (χ1n) is 12.6. The Labute approximate surface area is 204 Å². The zero-order valence-electron chi connectivity index (χ0n) is 21.8. The highest BCUT2D eigenvalue weighted by molar-refractivity contribution is 6.74. The van der Waals surface area contributed by atoms with E-state index in [-0.39, 0.29) is 54.4 Å². The van der Waals surface area contributed by atoms with Gasteiger partial charge in [0, 0.05) is 25.2 Å². The lowest BCUT2D eigenvalue weighted by Crippen LogP contribution is -2.45. The number of hydrogen-bond donors (Lipinski definition) is 1. The highest BCUT2D eigenvalue weighted by Gasteiger charge is 2.48. The van der Waals surface area contributed by atoms with E-state index in [9.17, 15) is 23.2 Å². The third kappa shape index (κ3) is 9.32. The van der Waals surface area contributed by atoms with Gasteiger partial charge >= 0.3 is 11.9 Å². The van der Waals surface area contributed by atoms with E-state index in [1.165, 1.54) is 6.08 Å². The molecule has 8 heteroatoms. The minimum atomic E-state index is -3.49. The fraction of sp³-hybridized carbons (Fsp3) is 0.808. The summed E-state index contributed by atoms with van der Waals surface area (Å²) < 4.78 is 34.9. The maximum absolute atomic E-state index is 14.2. The van der Waals surface area contributed by atoms with Gasteiger partial charge in [-0.25, -0.2) is 0 Å². The lowest BCUT2D eigenvalue weighted by atomic mass is 9.85. The zero-order valence-corrected chi connectivity index (χ0v) is 22.8. The maximum Gasteiger partial charge on any atom is 0.323 e. The van der Waals surface area contributed by atoms with Crippen molar-refractivity contribution in [2.75, 3.05) is 0 Å². The minimum Gasteiger partial charge on any atom is -0.481 e. The number of carbonyl (C=O) groups is 3. The van der Waals surface area contributed by atoms with Crippen LogP contribution < -0.4 is 0 Å². The third-order valence-electron chi connectivity index (χ3n) is 7.36. The van der Waals surface area contributed by atoms with Gasteiger partial charge in [-0.3, -0.25) is 14.4 Å². The largest absolute Gasteiger partial charge is 0.481 e. The molecule has 34 heavy (non-hydrogen) atoms. The molecule has 1 rings (SSSR count). The van der Waals surface area contributed by atoms with E-state index in [1.54, 1.807) is 6.92 Å². The molecule has 0 radical (unpaired) electrons. The van der Waals surface area contributed by atoms with E-state index in [0.29, 0.717) is 25.3 Å². The zero-order chi connectivity index (χ0) is 26.2. The Balaban J connectivity index is 2.91. The molecule has 0 aromatic rings. The van der Waals surface area contributed by atoms with Gasteiger partial charge in [0.15, 0.2) is 8.32 Å². The number of Topliss-reactive ketones (excluding diaryl/α,β-unsaturated/α-hetero) is 2. The molecule has 1 N–H and O–H groups in total. The van der Waals surface area contributed by atoms with Crippen molar-refractivity contribution < 1.29 is 32.7 Å². The molecule has 1 aliphatic carbocycles. The van der Waals surface area contributed by atoms with E-state index in [1.807, 2.05) is 0 Å². The molecule has 0 bridgehead atoms. The highest BCUT2D eigenvalue weighted by atomic mass is 28.4. The Morgan fingerprint density at radius 1 is 1.09 bits per heavy atom. The van der Waals surface area contributed by atoms with Crippen molar-refractivity contribution in [3.05, 3.63) is 12.2 Å². The molecule has 0 spiro atoms. The number of carboxylic acids is 1. The van der Waals surface area contributed by atoms with Crippen LogP contribution in [0.2, 0.25) is 18.1 Å². The second-order valence-corrected chi connectivity index (χ2v) is 15.9. The van der Waals surface area contributed by atoms with Crippen LogP contribution in [0.4, 0.5) is 8.78 Å². The van der Waals surface area contributed by atoms with Crippen LogP contribution in [0.25, 0.3) is 0 Å². The summed E-state index contributed by atoms with van der Waals surface area (Å²) in [5.74, 6) is -5.89. The summed E-state index contributed by atoms with van der Waals surface area (Å²) in [4.78, 5) is 35.9. The van der Waals surface area contributed by atoms with Gasteiger partial charge in [-0.2, -0.15) is 8.78 Å². The minimum absolute atomic E-state index is 0.0589. The van der Waals surface area contributed by atoms with Crippen molar-refractivity contribution >= 4 is 25.9 Å². The first-order valence-corrected chi connectivity index (χ1v) is 15.5. The van der Waals surface area contributed by atoms with Gasteiger partial charge in [-0.05, 0) is 55.8 Å². The van der Waals surface area contributed by atoms with Crippen LogP contribution in [0.15, 0.2) is 12.2 Å². The van der Waals surface area contributed by atoms with E-state index >= 15 is 0 Å². The van der Waals surface area contributed by atoms with Crippen LogP contribution in [0.3, 0.4) is 0 Å². The molecule has 0 heterocycles. The second-order valence-electron chi connectivity index (χ2n) is 11.1. The number of ketones is 2. The molecule has 0 amide bonds. The number of alkyl halides is 2. The van der Waals surface area contributed by atoms with Gasteiger partial charge in [0.1, 0.15) is 5.78 Å². The third-order valence-corrected chi connectivity index (χ3v) is 11.9. The predicted octanol–water partition coefficient (Wildman–Crippen LogP) is 6.96. The van der Waals surface area contributed by atoms with E-state index < -0.39 is 26.0 Å². The Morgan fingerprint density at radius 2 is 1.71 bits per heavy atom. The summed E-state index contributed by atoms with van der Waals surface area (Å²) in [6.07, 6.45) is 5.95. The molecule has 0 saturated heterocycles. The molecule has 1 saturated carbocycles. The van der Waals surface area contributed by atoms with Gasteiger partial charge in [0.2, 0.25) is 5.78 Å². The molecule has 0 unspecified atom stereocenters. The van der Waals surface area contributed by atoms with Crippen LogP contribution in [-0.2, 0) is 18.8 Å². The summed E-state index contributed by atoms with van der Waals surface area (Å²) in [5, 5.41) is 8.70. The SMILES string of the molecule is CC/C=C/C(F)(F)C(=O)CC[C@H]1[C@H](O[Si](C)(C)C(C)(C)C)CC(=O)[C@@H]1CCCCCCC(=O)O. The van der Waals surface area contributed by atoms with Crippen molar-refractivity contribution in [2.45, 2.75) is 122 Å². The standard InChI is InChI=1S/C26H44F2O5Si/c1-7-8-17-26(27,28)23(30)16-15-20-19(13-11-9-10-12-14-24(31)32)21(29)18-22(20)33-34(5,6)25(2,3)4/h8,17,19-20,22H,7,9-16,18H2,1-6H3,(H,31,32)/b17-8+/t19-,20-,22-/m1/s1. The first kappa shape index (κ1) is 30.6. The van der Waals surface area contributed by atoms with E-state index in [4.69, 9.17) is 9.53 Å². The van der Waals surface area contributed by atoms with Gasteiger partial charge in [-0.1, -0.05) is 53.0 Å². The number of hydrogen-bond acceptors (Lipinski definition) is 4. The average molecular weight is 503 g/mol. The lowest BCUT2D eigenvalue weighted by Gasteiger charge is -2.40. The molecule has 0 aromatic carbocycles. The van der Waals surface area contributed by atoms with Crippen LogP contribution in [0.1, 0.15) is 91.9 Å². The van der Waals surface area contributed by atoms with Gasteiger partial charge in [0.25, 0.3) is 0 Å². The van der Waals surface area contributed by atoms with Gasteiger partial charge in [0.05, 0.1) is 6.10 Å². The number of allylic oxidation sites excluding steroid dienone is 2. The number of unbranched alkanes of at least 4 members (excludes halogenated alkanes) is 3. The van der Waals surface area contributed by atoms with E-state index in [2.05, 4.69) is 33.9 Å². The van der Waals surface area contributed by atoms with Crippen LogP contribution in [-0.4, -0.2) is 43.0 Å². The Hall–Kier alpha value is -1.41. The smallest absolute Gasteiger partial charge is 0.323 e. The number of aliphatic carboxylic acids is 1. The summed E-state index contributed by atoms with van der Waals surface area (Å²) in [5.41, 5.74) is 0. The summed E-state index contributed by atoms with van der Waals surface area (Å²) in [6.45, 7) is 12.3. The van der Waals surface area contributed by atoms with Gasteiger partial charge in [-0.15, -0.1) is 0 Å². The molecule has 1 aliphatic rings. The quantitative estimate of drug-likeness (QED) is 0.149. The maximum atomic E-state index is 14.2. The molecule has 1 fully saturated rings. The Kier molecular flexibility index (Phi) is 11.8. The molecular formula is C26H44F2O5Si. The fourth-order valence-electron chi connectivity index (χ4n) is 4.26. The summed E-state index contributed by atoms with van der Waals surface area (Å²) in [7, 11) is -2.19. The van der Waals surface area contributed by atoms with Crippen molar-refractivity contribution in [3.63, 3.8) is 0 Å². The molecule has 0 aliphatic heterocycles. The Morgan fingerprint density at radius 3 is 2.26 bits per heavy atom. The lowest BCUT2D eigenvalue weighted by molar-refractivity contribution is -0.138. The molecule has 196 valence electrons. The van der Waals surface area contributed by atoms with Crippen molar-refractivity contribution in [1.82, 2.24) is 0 Å². The first-order chi connectivity index (χ1) is 15.6.